The van der Waals surface area contributed by atoms with E-state index in [0.717, 1.165) is 5.75 Å². The van der Waals surface area contributed by atoms with Gasteiger partial charge in [-0.2, -0.15) is 0 Å². The third kappa shape index (κ3) is 2.46. The molecule has 1 aliphatic rings. The molecule has 0 unspecified atom stereocenters. The van der Waals surface area contributed by atoms with Crippen molar-refractivity contribution in [3.8, 4) is 5.75 Å². The lowest BCUT2D eigenvalue weighted by atomic mass is 9.97. The summed E-state index contributed by atoms with van der Waals surface area (Å²) in [4.78, 5) is 0. The first kappa shape index (κ1) is 14.6. The minimum absolute atomic E-state index is 0.211. The zero-order chi connectivity index (χ0) is 14.5. The molecule has 0 fully saturated rings. The Labute approximate surface area is 118 Å². The second-order valence-corrected chi connectivity index (χ2v) is 12.1. The quantitative estimate of drug-likeness (QED) is 0.735. The third-order valence-electron chi connectivity index (χ3n) is 4.56. The van der Waals surface area contributed by atoms with Gasteiger partial charge in [-0.3, -0.25) is 0 Å². The first-order chi connectivity index (χ1) is 8.57. The number of aryl methyl sites for hydroxylation is 1. The molecule has 0 aliphatic carbocycles. The molecule has 106 valence electrons. The van der Waals surface area contributed by atoms with Crippen LogP contribution in [-0.4, -0.2) is 14.9 Å². The van der Waals surface area contributed by atoms with E-state index in [9.17, 15) is 0 Å². The SMILES string of the molecule is Cc1cccc2c1OC[C@]2(C)O[Si](C)(C)C(C)(C)C. The van der Waals surface area contributed by atoms with Crippen molar-refractivity contribution in [3.63, 3.8) is 0 Å². The van der Waals surface area contributed by atoms with Gasteiger partial charge in [0.1, 0.15) is 18.0 Å². The Kier molecular flexibility index (Phi) is 3.34. The van der Waals surface area contributed by atoms with E-state index in [4.69, 9.17) is 9.16 Å². The maximum Gasteiger partial charge on any atom is 0.193 e. The molecule has 2 rings (SSSR count). The maximum atomic E-state index is 6.65. The van der Waals surface area contributed by atoms with Crippen molar-refractivity contribution in [3.05, 3.63) is 29.3 Å². The molecule has 0 saturated carbocycles. The van der Waals surface area contributed by atoms with Gasteiger partial charge < -0.3 is 9.16 Å². The summed E-state index contributed by atoms with van der Waals surface area (Å²) in [6, 6.07) is 6.33. The Hall–Kier alpha value is -0.803. The van der Waals surface area contributed by atoms with E-state index in [1.807, 2.05) is 0 Å². The van der Waals surface area contributed by atoms with Gasteiger partial charge in [0.05, 0.1) is 0 Å². The van der Waals surface area contributed by atoms with Crippen LogP contribution in [0.4, 0.5) is 0 Å². The number of para-hydroxylation sites is 1. The molecule has 1 heterocycles. The van der Waals surface area contributed by atoms with Gasteiger partial charge in [-0.15, -0.1) is 0 Å². The summed E-state index contributed by atoms with van der Waals surface area (Å²) in [5.74, 6) is 1.02. The Balaban J connectivity index is 2.36. The number of rotatable bonds is 2. The van der Waals surface area contributed by atoms with Crippen molar-refractivity contribution in [1.82, 2.24) is 0 Å². The molecule has 0 amide bonds. The monoisotopic (exact) mass is 278 g/mol. The van der Waals surface area contributed by atoms with Gasteiger partial charge >= 0.3 is 0 Å². The average molecular weight is 278 g/mol. The maximum absolute atomic E-state index is 6.65. The van der Waals surface area contributed by atoms with Crippen molar-refractivity contribution in [2.24, 2.45) is 0 Å². The predicted molar refractivity (Wildman–Crippen MR) is 82.3 cm³/mol. The Morgan fingerprint density at radius 3 is 2.47 bits per heavy atom. The fourth-order valence-electron chi connectivity index (χ4n) is 2.35. The second kappa shape index (κ2) is 4.35. The molecule has 0 bridgehead atoms. The van der Waals surface area contributed by atoms with E-state index >= 15 is 0 Å². The van der Waals surface area contributed by atoms with E-state index in [1.54, 1.807) is 0 Å². The Bertz CT molecular complexity index is 488. The van der Waals surface area contributed by atoms with Crippen LogP contribution in [0.3, 0.4) is 0 Å². The van der Waals surface area contributed by atoms with Gasteiger partial charge in [-0.05, 0) is 37.5 Å². The lowest BCUT2D eigenvalue weighted by Crippen LogP contribution is -2.48. The van der Waals surface area contributed by atoms with E-state index in [1.165, 1.54) is 11.1 Å². The van der Waals surface area contributed by atoms with Gasteiger partial charge in [0.15, 0.2) is 8.32 Å². The molecule has 0 radical (unpaired) electrons. The predicted octanol–water partition coefficient (Wildman–Crippen LogP) is 4.62. The standard InChI is InChI=1S/C16H26O2Si/c1-12-9-8-10-13-14(12)17-11-16(13,5)18-19(6,7)15(2,3)4/h8-10H,11H2,1-7H3/t16-/m0/s1. The molecule has 0 N–H and O–H groups in total. The summed E-state index contributed by atoms with van der Waals surface area (Å²) < 4.78 is 12.5. The normalized spacial score (nSPS) is 23.1. The molecular formula is C16H26O2Si. The Morgan fingerprint density at radius 2 is 1.89 bits per heavy atom. The zero-order valence-electron chi connectivity index (χ0n) is 13.3. The fourth-order valence-corrected chi connectivity index (χ4v) is 3.95. The third-order valence-corrected chi connectivity index (χ3v) is 9.13. The lowest BCUT2D eigenvalue weighted by Gasteiger charge is -2.42. The summed E-state index contributed by atoms with van der Waals surface area (Å²) in [5, 5.41) is 0.211. The van der Waals surface area contributed by atoms with Crippen LogP contribution in [0.2, 0.25) is 18.1 Å². The van der Waals surface area contributed by atoms with Crippen molar-refractivity contribution < 1.29 is 9.16 Å². The molecule has 19 heavy (non-hydrogen) atoms. The van der Waals surface area contributed by atoms with E-state index in [-0.39, 0.29) is 10.6 Å². The van der Waals surface area contributed by atoms with Crippen molar-refractivity contribution in [1.29, 1.82) is 0 Å². The molecule has 1 aromatic carbocycles. The summed E-state index contributed by atoms with van der Waals surface area (Å²) in [5.41, 5.74) is 2.10. The van der Waals surface area contributed by atoms with Crippen LogP contribution >= 0.6 is 0 Å². The summed E-state index contributed by atoms with van der Waals surface area (Å²) >= 11 is 0. The number of hydrogen-bond donors (Lipinski definition) is 0. The van der Waals surface area contributed by atoms with Crippen molar-refractivity contribution in [2.75, 3.05) is 6.61 Å². The number of hydrogen-bond acceptors (Lipinski definition) is 2. The molecule has 0 spiro atoms. The molecule has 1 atom stereocenters. The lowest BCUT2D eigenvalue weighted by molar-refractivity contribution is 0.0465. The number of ether oxygens (including phenoxy) is 1. The largest absolute Gasteiger partial charge is 0.490 e. The van der Waals surface area contributed by atoms with Crippen molar-refractivity contribution in [2.45, 2.75) is 58.4 Å². The zero-order valence-corrected chi connectivity index (χ0v) is 14.3. The fraction of sp³-hybridized carbons (Fsp3) is 0.625. The van der Waals surface area contributed by atoms with Gasteiger partial charge in [0.2, 0.25) is 0 Å². The first-order valence-corrected chi connectivity index (χ1v) is 9.91. The molecular weight excluding hydrogens is 252 g/mol. The van der Waals surface area contributed by atoms with Crippen LogP contribution in [0.25, 0.3) is 0 Å². The average Bonchev–Trinajstić information content (AvgIpc) is 2.55. The molecule has 0 aromatic heterocycles. The van der Waals surface area contributed by atoms with Crippen LogP contribution in [0.1, 0.15) is 38.8 Å². The minimum atomic E-state index is -1.81. The van der Waals surface area contributed by atoms with Crippen LogP contribution < -0.4 is 4.74 Å². The second-order valence-electron chi connectivity index (χ2n) is 7.33. The first-order valence-electron chi connectivity index (χ1n) is 7.00. The number of fused-ring (bicyclic) bond motifs is 1. The highest BCUT2D eigenvalue weighted by Crippen LogP contribution is 2.47. The smallest absolute Gasteiger partial charge is 0.193 e. The molecule has 2 nitrogen and oxygen atoms in total. The summed E-state index contributed by atoms with van der Waals surface area (Å²) in [7, 11) is -1.81. The van der Waals surface area contributed by atoms with Gasteiger partial charge in [-0.25, -0.2) is 0 Å². The summed E-state index contributed by atoms with van der Waals surface area (Å²) in [6.45, 7) is 16.3. The molecule has 1 aromatic rings. The topological polar surface area (TPSA) is 18.5 Å². The molecule has 1 aliphatic heterocycles. The molecule has 0 saturated heterocycles. The van der Waals surface area contributed by atoms with E-state index < -0.39 is 8.32 Å². The highest BCUT2D eigenvalue weighted by Gasteiger charge is 2.47. The molecule has 3 heteroatoms. The van der Waals surface area contributed by atoms with Crippen LogP contribution in [-0.2, 0) is 10.0 Å². The van der Waals surface area contributed by atoms with E-state index in [2.05, 4.69) is 65.9 Å². The van der Waals surface area contributed by atoms with Gasteiger partial charge in [-0.1, -0.05) is 39.0 Å². The number of benzene rings is 1. The van der Waals surface area contributed by atoms with Crippen LogP contribution in [0.15, 0.2) is 18.2 Å². The van der Waals surface area contributed by atoms with Crippen molar-refractivity contribution >= 4 is 8.32 Å². The van der Waals surface area contributed by atoms with Gasteiger partial charge in [0.25, 0.3) is 0 Å². The van der Waals surface area contributed by atoms with Gasteiger partial charge in [0, 0.05) is 5.56 Å². The van der Waals surface area contributed by atoms with Crippen LogP contribution in [0.5, 0.6) is 5.75 Å². The Morgan fingerprint density at radius 1 is 1.26 bits per heavy atom. The highest BCUT2D eigenvalue weighted by atomic mass is 28.4. The van der Waals surface area contributed by atoms with E-state index in [0.29, 0.717) is 6.61 Å². The van der Waals surface area contributed by atoms with Crippen LogP contribution in [0, 0.1) is 6.92 Å². The highest BCUT2D eigenvalue weighted by molar-refractivity contribution is 6.74. The minimum Gasteiger partial charge on any atom is -0.490 e. The summed E-state index contributed by atoms with van der Waals surface area (Å²) in [6.07, 6.45) is 0.